The molecule has 0 bridgehead atoms. The van der Waals surface area contributed by atoms with Crippen LogP contribution in [0, 0.1) is 12.3 Å². The standard InChI is InChI=1S/C19H25N3O4/c1-6-25-18(24)16-14(11-9-21-22(5)10(11)2)15-12(23)7-19(3,4)8-13(15)26-17(16)20/h9,14H,6-8,20H2,1-5H3/t14-/m0/s1. The van der Waals surface area contributed by atoms with Gasteiger partial charge in [0.1, 0.15) is 11.3 Å². The number of aromatic nitrogens is 2. The zero-order chi connectivity index (χ0) is 19.2. The molecule has 140 valence electrons. The van der Waals surface area contributed by atoms with Gasteiger partial charge in [0, 0.05) is 36.7 Å². The molecule has 1 aliphatic carbocycles. The van der Waals surface area contributed by atoms with Gasteiger partial charge < -0.3 is 15.2 Å². The van der Waals surface area contributed by atoms with Gasteiger partial charge in [-0.15, -0.1) is 0 Å². The first kappa shape index (κ1) is 18.2. The minimum absolute atomic E-state index is 0.000882. The van der Waals surface area contributed by atoms with Crippen LogP contribution in [-0.4, -0.2) is 28.1 Å². The maximum Gasteiger partial charge on any atom is 0.340 e. The van der Waals surface area contributed by atoms with Crippen molar-refractivity contribution in [1.82, 2.24) is 9.78 Å². The number of allylic oxidation sites excluding steroid dienone is 2. The topological polar surface area (TPSA) is 96.4 Å². The van der Waals surface area contributed by atoms with Crippen molar-refractivity contribution in [3.05, 3.63) is 40.2 Å². The number of ketones is 1. The molecule has 1 aliphatic heterocycles. The van der Waals surface area contributed by atoms with Crippen LogP contribution in [0.15, 0.2) is 29.0 Å². The largest absolute Gasteiger partial charge is 0.462 e. The summed E-state index contributed by atoms with van der Waals surface area (Å²) in [4.78, 5) is 25.6. The lowest BCUT2D eigenvalue weighted by atomic mass is 9.70. The monoisotopic (exact) mass is 359 g/mol. The summed E-state index contributed by atoms with van der Waals surface area (Å²) in [6, 6.07) is 0. The summed E-state index contributed by atoms with van der Waals surface area (Å²) in [6.45, 7) is 7.86. The first-order chi connectivity index (χ1) is 12.2. The van der Waals surface area contributed by atoms with Crippen molar-refractivity contribution in [2.45, 2.75) is 46.5 Å². The molecule has 0 amide bonds. The maximum atomic E-state index is 13.0. The summed E-state index contributed by atoms with van der Waals surface area (Å²) in [7, 11) is 1.82. The minimum Gasteiger partial charge on any atom is -0.462 e. The Morgan fingerprint density at radius 1 is 1.46 bits per heavy atom. The molecule has 0 unspecified atom stereocenters. The molecule has 0 saturated carbocycles. The van der Waals surface area contributed by atoms with Crippen LogP contribution in [0.4, 0.5) is 0 Å². The number of ether oxygens (including phenoxy) is 2. The quantitative estimate of drug-likeness (QED) is 0.831. The highest BCUT2D eigenvalue weighted by Crippen LogP contribution is 2.48. The second kappa shape index (κ2) is 6.30. The predicted octanol–water partition coefficient (Wildman–Crippen LogP) is 2.22. The van der Waals surface area contributed by atoms with Crippen molar-refractivity contribution in [2.75, 3.05) is 6.61 Å². The van der Waals surface area contributed by atoms with Crippen molar-refractivity contribution in [3.8, 4) is 0 Å². The normalized spacial score (nSPS) is 22.2. The van der Waals surface area contributed by atoms with Gasteiger partial charge in [0.15, 0.2) is 5.78 Å². The van der Waals surface area contributed by atoms with Crippen LogP contribution in [0.2, 0.25) is 0 Å². The molecule has 1 atom stereocenters. The van der Waals surface area contributed by atoms with Gasteiger partial charge in [0.05, 0.1) is 18.7 Å². The molecule has 7 heteroatoms. The van der Waals surface area contributed by atoms with Gasteiger partial charge in [0.2, 0.25) is 5.88 Å². The number of nitrogens with two attached hydrogens (primary N) is 1. The third-order valence-electron chi connectivity index (χ3n) is 5.03. The van der Waals surface area contributed by atoms with E-state index in [1.807, 2.05) is 27.8 Å². The summed E-state index contributed by atoms with van der Waals surface area (Å²) in [6.07, 6.45) is 2.65. The zero-order valence-corrected chi connectivity index (χ0v) is 15.9. The Hall–Kier alpha value is -2.57. The molecule has 3 rings (SSSR count). The van der Waals surface area contributed by atoms with Crippen molar-refractivity contribution in [3.63, 3.8) is 0 Å². The van der Waals surface area contributed by atoms with Gasteiger partial charge in [-0.25, -0.2) is 4.79 Å². The summed E-state index contributed by atoms with van der Waals surface area (Å²) >= 11 is 0. The molecular weight excluding hydrogens is 334 g/mol. The van der Waals surface area contributed by atoms with Crippen LogP contribution in [-0.2, 0) is 26.1 Å². The molecule has 0 fully saturated rings. The predicted molar refractivity (Wildman–Crippen MR) is 94.7 cm³/mol. The Labute approximate surface area is 152 Å². The first-order valence-corrected chi connectivity index (χ1v) is 8.75. The number of hydrogen-bond donors (Lipinski definition) is 1. The lowest BCUT2D eigenvalue weighted by Crippen LogP contribution is -2.35. The van der Waals surface area contributed by atoms with E-state index >= 15 is 0 Å². The smallest absolute Gasteiger partial charge is 0.340 e. The molecule has 1 aromatic heterocycles. The van der Waals surface area contributed by atoms with Crippen LogP contribution >= 0.6 is 0 Å². The number of aryl methyl sites for hydroxylation is 1. The highest BCUT2D eigenvalue weighted by molar-refractivity contribution is 6.03. The van der Waals surface area contributed by atoms with E-state index in [1.54, 1.807) is 17.8 Å². The van der Waals surface area contributed by atoms with E-state index in [2.05, 4.69) is 5.10 Å². The van der Waals surface area contributed by atoms with Crippen LogP contribution in [0.5, 0.6) is 0 Å². The van der Waals surface area contributed by atoms with Crippen molar-refractivity contribution in [1.29, 1.82) is 0 Å². The van der Waals surface area contributed by atoms with Gasteiger partial charge in [-0.05, 0) is 19.3 Å². The molecule has 2 N–H and O–H groups in total. The van der Waals surface area contributed by atoms with Crippen LogP contribution < -0.4 is 5.73 Å². The Morgan fingerprint density at radius 2 is 2.15 bits per heavy atom. The van der Waals surface area contributed by atoms with Crippen molar-refractivity contribution in [2.24, 2.45) is 18.2 Å². The number of esters is 1. The van der Waals surface area contributed by atoms with E-state index in [0.717, 1.165) is 11.3 Å². The van der Waals surface area contributed by atoms with Crippen molar-refractivity contribution < 1.29 is 19.1 Å². The molecule has 26 heavy (non-hydrogen) atoms. The fourth-order valence-electron chi connectivity index (χ4n) is 3.70. The average molecular weight is 359 g/mol. The highest BCUT2D eigenvalue weighted by Gasteiger charge is 2.45. The van der Waals surface area contributed by atoms with Gasteiger partial charge in [-0.1, -0.05) is 13.8 Å². The second-order valence-corrected chi connectivity index (χ2v) is 7.62. The number of carbonyl (C=O) groups excluding carboxylic acids is 2. The molecule has 2 heterocycles. The van der Waals surface area contributed by atoms with Crippen molar-refractivity contribution >= 4 is 11.8 Å². The fourth-order valence-corrected chi connectivity index (χ4v) is 3.70. The van der Waals surface area contributed by atoms with Crippen LogP contribution in [0.3, 0.4) is 0 Å². The van der Waals surface area contributed by atoms with Gasteiger partial charge in [-0.3, -0.25) is 9.48 Å². The van der Waals surface area contributed by atoms with Gasteiger partial charge in [0.25, 0.3) is 0 Å². The maximum absolute atomic E-state index is 13.0. The molecule has 7 nitrogen and oxygen atoms in total. The van der Waals surface area contributed by atoms with E-state index in [4.69, 9.17) is 15.2 Å². The first-order valence-electron chi connectivity index (χ1n) is 8.75. The summed E-state index contributed by atoms with van der Waals surface area (Å²) < 4.78 is 12.7. The second-order valence-electron chi connectivity index (χ2n) is 7.62. The third-order valence-corrected chi connectivity index (χ3v) is 5.03. The number of Topliss-reactive ketones (excluding diaryl/α,β-unsaturated/α-hetero) is 1. The van der Waals surface area contributed by atoms with Gasteiger partial charge >= 0.3 is 5.97 Å². The van der Waals surface area contributed by atoms with E-state index in [1.165, 1.54) is 0 Å². The highest BCUT2D eigenvalue weighted by atomic mass is 16.5. The van der Waals surface area contributed by atoms with E-state index in [0.29, 0.717) is 24.2 Å². The summed E-state index contributed by atoms with van der Waals surface area (Å²) in [5, 5.41) is 4.27. The van der Waals surface area contributed by atoms with Crippen LogP contribution in [0.25, 0.3) is 0 Å². The van der Waals surface area contributed by atoms with E-state index < -0.39 is 11.9 Å². The molecule has 0 radical (unpaired) electrons. The SMILES string of the molecule is CCOC(=O)C1=C(N)OC2=C(C(=O)CC(C)(C)C2)[C@@H]1c1cnn(C)c1C. The third kappa shape index (κ3) is 2.91. The Kier molecular flexibility index (Phi) is 4.42. The Morgan fingerprint density at radius 3 is 2.73 bits per heavy atom. The molecule has 1 aromatic rings. The van der Waals surface area contributed by atoms with Crippen LogP contribution in [0.1, 0.15) is 50.8 Å². The van der Waals surface area contributed by atoms with Gasteiger partial charge in [-0.2, -0.15) is 5.10 Å². The Balaban J connectivity index is 2.20. The number of rotatable bonds is 3. The Bertz CT molecular complexity index is 845. The van der Waals surface area contributed by atoms with E-state index in [9.17, 15) is 9.59 Å². The minimum atomic E-state index is -0.616. The molecule has 0 aromatic carbocycles. The summed E-state index contributed by atoms with van der Waals surface area (Å²) in [5.41, 5.74) is 8.20. The average Bonchev–Trinajstić information content (AvgIpc) is 2.84. The molecule has 0 spiro atoms. The van der Waals surface area contributed by atoms with E-state index in [-0.39, 0.29) is 29.3 Å². The number of carbonyl (C=O) groups is 2. The molecular formula is C19H25N3O4. The fraction of sp³-hybridized carbons (Fsp3) is 0.526. The number of hydrogen-bond acceptors (Lipinski definition) is 6. The molecule has 0 saturated heterocycles. The summed E-state index contributed by atoms with van der Waals surface area (Å²) in [5.74, 6) is -0.664. The molecule has 2 aliphatic rings. The lowest BCUT2D eigenvalue weighted by Gasteiger charge is -2.37. The lowest BCUT2D eigenvalue weighted by molar-refractivity contribution is -0.139. The number of nitrogens with zero attached hydrogens (tertiary/aromatic N) is 2. The zero-order valence-electron chi connectivity index (χ0n) is 15.9.